The van der Waals surface area contributed by atoms with Crippen LogP contribution in [0.3, 0.4) is 0 Å². The van der Waals surface area contributed by atoms with E-state index in [0.29, 0.717) is 12.8 Å². The topological polar surface area (TPSA) is 104 Å². The van der Waals surface area contributed by atoms with Crippen LogP contribution in [0, 0.1) is 22.7 Å². The van der Waals surface area contributed by atoms with Gasteiger partial charge in [-0.3, -0.25) is 9.59 Å². The summed E-state index contributed by atoms with van der Waals surface area (Å²) < 4.78 is 5.96. The van der Waals surface area contributed by atoms with E-state index in [4.69, 9.17) is 16.3 Å². The number of carbonyl (C=O) groups is 2. The molecule has 6 nitrogen and oxygen atoms in total. The number of fused-ring (bicyclic) bond motifs is 3. The van der Waals surface area contributed by atoms with Crippen molar-refractivity contribution in [2.45, 2.75) is 90.4 Å². The highest BCUT2D eigenvalue weighted by molar-refractivity contribution is 6.45. The zero-order valence-electron chi connectivity index (χ0n) is 18.4. The normalized spacial score (nSPS) is 39.4. The summed E-state index contributed by atoms with van der Waals surface area (Å²) in [5.74, 6) is -1.91. The monoisotopic (exact) mass is 442 g/mol. The first-order valence-corrected chi connectivity index (χ1v) is 11.5. The summed E-state index contributed by atoms with van der Waals surface area (Å²) in [4.78, 5) is 25.4. The van der Waals surface area contributed by atoms with Crippen LogP contribution >= 0.6 is 11.6 Å². The zero-order valence-corrected chi connectivity index (χ0v) is 19.2. The fourth-order valence-electron chi connectivity index (χ4n) is 6.24. The van der Waals surface area contributed by atoms with Gasteiger partial charge in [-0.05, 0) is 24.3 Å². The first kappa shape index (κ1) is 23.7. The third-order valence-corrected chi connectivity index (χ3v) is 8.26. The van der Waals surface area contributed by atoms with Gasteiger partial charge < -0.3 is 20.1 Å². The summed E-state index contributed by atoms with van der Waals surface area (Å²) >= 11 is 6.25. The first-order chi connectivity index (χ1) is 14.0. The molecule has 0 saturated heterocycles. The van der Waals surface area contributed by atoms with Crippen LogP contribution in [-0.4, -0.2) is 51.5 Å². The SMILES string of the molecule is CCCCCCCC(=O)O[C@@H]1[C@@H]2[C@H](CC1(C)C)[C@H](O)C1=C(Cl)C(=O)[C@@](O)(CO)[C@]12C. The number of aliphatic hydroxyl groups excluding tert-OH is 2. The highest BCUT2D eigenvalue weighted by Crippen LogP contribution is 2.69. The van der Waals surface area contributed by atoms with Crippen molar-refractivity contribution in [3.8, 4) is 0 Å². The van der Waals surface area contributed by atoms with E-state index in [1.165, 1.54) is 0 Å². The summed E-state index contributed by atoms with van der Waals surface area (Å²) in [6.07, 6.45) is 4.36. The molecule has 7 heteroatoms. The molecular formula is C23H35ClO6. The minimum absolute atomic E-state index is 0.199. The molecule has 0 aromatic rings. The highest BCUT2D eigenvalue weighted by Gasteiger charge is 2.76. The number of carbonyl (C=O) groups excluding carboxylic acids is 2. The van der Waals surface area contributed by atoms with Crippen molar-refractivity contribution in [2.75, 3.05) is 6.61 Å². The van der Waals surface area contributed by atoms with Gasteiger partial charge in [0.15, 0.2) is 5.60 Å². The van der Waals surface area contributed by atoms with E-state index in [1.807, 2.05) is 13.8 Å². The van der Waals surface area contributed by atoms with Gasteiger partial charge in [0.2, 0.25) is 5.78 Å². The van der Waals surface area contributed by atoms with Gasteiger partial charge in [0, 0.05) is 23.2 Å². The van der Waals surface area contributed by atoms with Gasteiger partial charge in [0.1, 0.15) is 6.10 Å². The lowest BCUT2D eigenvalue weighted by Crippen LogP contribution is -2.57. The van der Waals surface area contributed by atoms with Crippen molar-refractivity contribution in [1.29, 1.82) is 0 Å². The van der Waals surface area contributed by atoms with Crippen LogP contribution in [-0.2, 0) is 14.3 Å². The van der Waals surface area contributed by atoms with Crippen LogP contribution in [0.2, 0.25) is 0 Å². The Bertz CT molecular complexity index is 746. The van der Waals surface area contributed by atoms with Crippen molar-refractivity contribution in [3.63, 3.8) is 0 Å². The second-order valence-corrected chi connectivity index (χ2v) is 10.6. The van der Waals surface area contributed by atoms with Crippen molar-refractivity contribution < 1.29 is 29.6 Å². The predicted octanol–water partition coefficient (Wildman–Crippen LogP) is 3.10. The van der Waals surface area contributed by atoms with Gasteiger partial charge in [-0.15, -0.1) is 0 Å². The summed E-state index contributed by atoms with van der Waals surface area (Å²) in [6, 6.07) is 0. The van der Waals surface area contributed by atoms with Crippen LogP contribution in [0.5, 0.6) is 0 Å². The van der Waals surface area contributed by atoms with Crippen molar-refractivity contribution in [2.24, 2.45) is 22.7 Å². The fourth-order valence-corrected chi connectivity index (χ4v) is 6.70. The van der Waals surface area contributed by atoms with E-state index in [0.717, 1.165) is 32.1 Å². The fraction of sp³-hybridized carbons (Fsp3) is 0.826. The summed E-state index contributed by atoms with van der Waals surface area (Å²) in [6.45, 7) is 6.93. The Morgan fingerprint density at radius 1 is 1.20 bits per heavy atom. The van der Waals surface area contributed by atoms with E-state index in [2.05, 4.69) is 6.92 Å². The third-order valence-electron chi connectivity index (χ3n) is 7.89. The number of esters is 1. The summed E-state index contributed by atoms with van der Waals surface area (Å²) in [7, 11) is 0. The van der Waals surface area contributed by atoms with Gasteiger partial charge in [-0.2, -0.15) is 0 Å². The van der Waals surface area contributed by atoms with Gasteiger partial charge in [-0.25, -0.2) is 0 Å². The first-order valence-electron chi connectivity index (χ1n) is 11.1. The minimum Gasteiger partial charge on any atom is -0.461 e. The molecule has 3 aliphatic rings. The Balaban J connectivity index is 1.87. The van der Waals surface area contributed by atoms with Crippen molar-refractivity contribution >= 4 is 23.4 Å². The highest BCUT2D eigenvalue weighted by atomic mass is 35.5. The maximum absolute atomic E-state index is 12.7. The van der Waals surface area contributed by atoms with Gasteiger partial charge in [0.25, 0.3) is 0 Å². The quantitative estimate of drug-likeness (QED) is 0.394. The maximum atomic E-state index is 12.7. The average molecular weight is 443 g/mol. The standard InChI is InChI=1S/C23H35ClO6/c1-5-6-7-8-9-10-14(26)30-20-15-13(11-21(20,2)3)18(27)16-17(24)19(28)23(29,12-25)22(15,16)4/h13,15,18,20,25,27,29H,5-12H2,1-4H3/t13-,15-,18-,20+,22-,23-/m0/s1. The Hall–Kier alpha value is -0.950. The van der Waals surface area contributed by atoms with Crippen LogP contribution in [0.4, 0.5) is 0 Å². The second-order valence-electron chi connectivity index (χ2n) is 10.2. The molecular weight excluding hydrogens is 408 g/mol. The molecule has 0 radical (unpaired) electrons. The van der Waals surface area contributed by atoms with Crippen molar-refractivity contribution in [1.82, 2.24) is 0 Å². The lowest BCUT2D eigenvalue weighted by molar-refractivity contribution is -0.171. The van der Waals surface area contributed by atoms with Gasteiger partial charge in [-0.1, -0.05) is 65.0 Å². The number of hydrogen-bond donors (Lipinski definition) is 3. The molecule has 0 amide bonds. The molecule has 3 rings (SSSR count). The molecule has 0 aliphatic heterocycles. The number of rotatable bonds is 8. The number of halogens is 1. The summed E-state index contributed by atoms with van der Waals surface area (Å²) in [5, 5.41) is 32.0. The van der Waals surface area contributed by atoms with Crippen LogP contribution < -0.4 is 0 Å². The van der Waals surface area contributed by atoms with E-state index >= 15 is 0 Å². The number of aliphatic hydroxyl groups is 3. The Morgan fingerprint density at radius 2 is 1.83 bits per heavy atom. The number of ether oxygens (including phenoxy) is 1. The lowest BCUT2D eigenvalue weighted by Gasteiger charge is -2.44. The molecule has 0 aromatic heterocycles. The molecule has 0 heterocycles. The van der Waals surface area contributed by atoms with Crippen LogP contribution in [0.25, 0.3) is 0 Å². The maximum Gasteiger partial charge on any atom is 0.306 e. The molecule has 30 heavy (non-hydrogen) atoms. The molecule has 0 aromatic carbocycles. The summed E-state index contributed by atoms with van der Waals surface area (Å²) in [5.41, 5.74) is -3.60. The molecule has 2 saturated carbocycles. The largest absolute Gasteiger partial charge is 0.461 e. The predicted molar refractivity (Wildman–Crippen MR) is 113 cm³/mol. The minimum atomic E-state index is -2.13. The van der Waals surface area contributed by atoms with Gasteiger partial charge in [0.05, 0.1) is 17.7 Å². The average Bonchev–Trinajstić information content (AvgIpc) is 3.13. The molecule has 6 atom stereocenters. The second kappa shape index (κ2) is 8.19. The van der Waals surface area contributed by atoms with Crippen LogP contribution in [0.1, 0.15) is 72.6 Å². The van der Waals surface area contributed by atoms with E-state index < -0.39 is 46.9 Å². The Labute approximate surface area is 183 Å². The third kappa shape index (κ3) is 3.26. The number of Topliss-reactive ketones (excluding diaryl/α,β-unsaturated/α-hetero) is 1. The molecule has 0 spiro atoms. The van der Waals surface area contributed by atoms with Crippen LogP contribution in [0.15, 0.2) is 10.6 Å². The Morgan fingerprint density at radius 3 is 2.43 bits per heavy atom. The molecule has 0 bridgehead atoms. The van der Waals surface area contributed by atoms with E-state index in [9.17, 15) is 24.9 Å². The number of hydrogen-bond acceptors (Lipinski definition) is 6. The lowest BCUT2D eigenvalue weighted by atomic mass is 9.64. The smallest absolute Gasteiger partial charge is 0.306 e. The van der Waals surface area contributed by atoms with E-state index in [-0.39, 0.29) is 22.5 Å². The van der Waals surface area contributed by atoms with E-state index in [1.54, 1.807) is 6.92 Å². The molecule has 3 aliphatic carbocycles. The Kier molecular flexibility index (Phi) is 6.47. The molecule has 2 fully saturated rings. The zero-order chi connectivity index (χ0) is 22.5. The molecule has 3 N–H and O–H groups in total. The number of unbranched alkanes of at least 4 members (excludes halogenated alkanes) is 4. The molecule has 0 unspecified atom stereocenters. The molecule has 170 valence electrons. The van der Waals surface area contributed by atoms with Crippen molar-refractivity contribution in [3.05, 3.63) is 10.6 Å². The number of ketones is 1. The van der Waals surface area contributed by atoms with Gasteiger partial charge >= 0.3 is 5.97 Å².